The molecule has 2 heterocycles. The Bertz CT molecular complexity index is 1200. The Labute approximate surface area is 173 Å². The van der Waals surface area contributed by atoms with Crippen molar-refractivity contribution in [3.8, 4) is 28.7 Å². The van der Waals surface area contributed by atoms with Crippen molar-refractivity contribution < 1.29 is 8.81 Å². The normalized spacial score (nSPS) is 11.4. The second-order valence-corrected chi connectivity index (χ2v) is 7.67. The van der Waals surface area contributed by atoms with Gasteiger partial charge in [-0.2, -0.15) is 5.26 Å². The molecule has 0 saturated carbocycles. The highest BCUT2D eigenvalue weighted by Crippen LogP contribution is 2.30. The molecular weight excluding hydrogens is 439 g/mol. The van der Waals surface area contributed by atoms with Crippen molar-refractivity contribution in [1.29, 1.82) is 5.26 Å². The molecule has 0 atom stereocenters. The summed E-state index contributed by atoms with van der Waals surface area (Å²) in [5, 5.41) is 12.1. The number of hydrogen-bond donors (Lipinski definition) is 0. The van der Waals surface area contributed by atoms with Gasteiger partial charge in [0.25, 0.3) is 0 Å². The quantitative estimate of drug-likeness (QED) is 0.313. The summed E-state index contributed by atoms with van der Waals surface area (Å²) in [4.78, 5) is 4.57. The van der Waals surface area contributed by atoms with Crippen LogP contribution in [0.2, 0.25) is 0 Å². The first-order valence-corrected chi connectivity index (χ1v) is 9.99. The largest absolute Gasteiger partial charge is 0.457 e. The fourth-order valence-corrected chi connectivity index (χ4v) is 3.73. The molecule has 4 aromatic rings. The van der Waals surface area contributed by atoms with Gasteiger partial charge in [0.2, 0.25) is 0 Å². The highest BCUT2D eigenvalue weighted by molar-refractivity contribution is 9.10. The maximum absolute atomic E-state index is 13.9. The fraction of sp³-hybridized carbons (Fsp3) is 0. The molecule has 28 heavy (non-hydrogen) atoms. The van der Waals surface area contributed by atoms with Gasteiger partial charge in [-0.05, 0) is 36.4 Å². The monoisotopic (exact) mass is 450 g/mol. The number of aromatic nitrogens is 1. The van der Waals surface area contributed by atoms with Crippen molar-refractivity contribution in [1.82, 2.24) is 4.98 Å². The Hall–Kier alpha value is -3.01. The average molecular weight is 451 g/mol. The molecule has 0 amide bonds. The van der Waals surface area contributed by atoms with E-state index in [0.717, 1.165) is 15.7 Å². The molecule has 0 unspecified atom stereocenters. The van der Waals surface area contributed by atoms with Crippen molar-refractivity contribution in [3.63, 3.8) is 0 Å². The predicted octanol–water partition coefficient (Wildman–Crippen LogP) is 7.04. The molecule has 0 saturated heterocycles. The van der Waals surface area contributed by atoms with Crippen molar-refractivity contribution >= 4 is 38.9 Å². The van der Waals surface area contributed by atoms with Crippen LogP contribution in [0.1, 0.15) is 10.8 Å². The molecule has 2 aromatic carbocycles. The number of rotatable bonds is 4. The van der Waals surface area contributed by atoms with E-state index in [2.05, 4.69) is 27.0 Å². The predicted molar refractivity (Wildman–Crippen MR) is 113 cm³/mol. The standard InChI is InChI=1S/C22H12BrFN2OS/c23-16-7-5-14(6-8-16)20-13-28-22(26-20)15(12-25)11-17-9-10-21(27-17)18-3-1-2-4-19(18)24/h1-11,13H/b15-11+. The van der Waals surface area contributed by atoms with Gasteiger partial charge < -0.3 is 4.42 Å². The summed E-state index contributed by atoms with van der Waals surface area (Å²) in [6.07, 6.45) is 1.62. The first-order valence-electron chi connectivity index (χ1n) is 8.32. The lowest BCUT2D eigenvalue weighted by atomic mass is 10.1. The van der Waals surface area contributed by atoms with Crippen LogP contribution in [0.4, 0.5) is 4.39 Å². The van der Waals surface area contributed by atoms with Gasteiger partial charge in [-0.15, -0.1) is 11.3 Å². The summed E-state index contributed by atoms with van der Waals surface area (Å²) >= 11 is 4.80. The number of benzene rings is 2. The molecule has 0 aliphatic rings. The van der Waals surface area contributed by atoms with E-state index in [1.807, 2.05) is 29.6 Å². The van der Waals surface area contributed by atoms with Crippen LogP contribution in [0.25, 0.3) is 34.2 Å². The highest BCUT2D eigenvalue weighted by Gasteiger charge is 2.12. The topological polar surface area (TPSA) is 49.8 Å². The van der Waals surface area contributed by atoms with E-state index in [0.29, 0.717) is 27.7 Å². The summed E-state index contributed by atoms with van der Waals surface area (Å²) < 4.78 is 20.6. The smallest absolute Gasteiger partial charge is 0.137 e. The summed E-state index contributed by atoms with van der Waals surface area (Å²) in [6.45, 7) is 0. The van der Waals surface area contributed by atoms with E-state index in [4.69, 9.17) is 4.42 Å². The van der Waals surface area contributed by atoms with Gasteiger partial charge in [-0.1, -0.05) is 40.2 Å². The minimum atomic E-state index is -0.355. The third-order valence-corrected chi connectivity index (χ3v) is 5.45. The van der Waals surface area contributed by atoms with Crippen molar-refractivity contribution in [2.75, 3.05) is 0 Å². The van der Waals surface area contributed by atoms with Crippen LogP contribution in [0.5, 0.6) is 0 Å². The summed E-state index contributed by atoms with van der Waals surface area (Å²) in [6, 6.07) is 19.8. The van der Waals surface area contributed by atoms with Gasteiger partial charge in [0.05, 0.1) is 16.8 Å². The molecule has 4 rings (SSSR count). The number of allylic oxidation sites excluding steroid dienone is 1. The number of nitrogens with zero attached hydrogens (tertiary/aromatic N) is 2. The van der Waals surface area contributed by atoms with Crippen LogP contribution >= 0.6 is 27.3 Å². The van der Waals surface area contributed by atoms with Crippen molar-refractivity contribution in [2.24, 2.45) is 0 Å². The molecule has 0 aliphatic carbocycles. The van der Waals surface area contributed by atoms with Crippen LogP contribution in [0, 0.1) is 17.1 Å². The van der Waals surface area contributed by atoms with E-state index in [-0.39, 0.29) is 5.82 Å². The molecule has 0 bridgehead atoms. The lowest BCUT2D eigenvalue weighted by molar-refractivity contribution is 0.561. The van der Waals surface area contributed by atoms with Crippen LogP contribution in [-0.2, 0) is 0 Å². The Morgan fingerprint density at radius 1 is 1.11 bits per heavy atom. The second kappa shape index (κ2) is 7.93. The van der Waals surface area contributed by atoms with Gasteiger partial charge >= 0.3 is 0 Å². The van der Waals surface area contributed by atoms with E-state index in [1.165, 1.54) is 17.4 Å². The van der Waals surface area contributed by atoms with Crippen LogP contribution in [-0.4, -0.2) is 4.98 Å². The molecule has 0 N–H and O–H groups in total. The number of hydrogen-bond acceptors (Lipinski definition) is 4. The van der Waals surface area contributed by atoms with E-state index in [9.17, 15) is 9.65 Å². The van der Waals surface area contributed by atoms with E-state index < -0.39 is 0 Å². The zero-order chi connectivity index (χ0) is 19.5. The average Bonchev–Trinajstić information content (AvgIpc) is 3.37. The summed E-state index contributed by atoms with van der Waals surface area (Å²) in [5.74, 6) is 0.526. The first-order chi connectivity index (χ1) is 13.6. The Morgan fingerprint density at radius 2 is 1.89 bits per heavy atom. The first kappa shape index (κ1) is 18.4. The molecule has 0 radical (unpaired) electrons. The van der Waals surface area contributed by atoms with Crippen molar-refractivity contribution in [3.05, 3.63) is 87.1 Å². The minimum Gasteiger partial charge on any atom is -0.457 e. The van der Waals surface area contributed by atoms with Crippen LogP contribution in [0.3, 0.4) is 0 Å². The molecule has 0 spiro atoms. The van der Waals surface area contributed by atoms with Crippen LogP contribution < -0.4 is 0 Å². The Balaban J connectivity index is 1.63. The van der Waals surface area contributed by atoms with Gasteiger partial charge in [0.15, 0.2) is 0 Å². The summed E-state index contributed by atoms with van der Waals surface area (Å²) in [5.41, 5.74) is 2.55. The number of thiazole rings is 1. The van der Waals surface area contributed by atoms with Gasteiger partial charge in [0.1, 0.15) is 28.4 Å². The highest BCUT2D eigenvalue weighted by atomic mass is 79.9. The van der Waals surface area contributed by atoms with E-state index in [1.54, 1.807) is 36.4 Å². The maximum atomic E-state index is 13.9. The van der Waals surface area contributed by atoms with Gasteiger partial charge in [-0.3, -0.25) is 0 Å². The zero-order valence-electron chi connectivity index (χ0n) is 14.4. The fourth-order valence-electron chi connectivity index (χ4n) is 2.67. The lowest BCUT2D eigenvalue weighted by Crippen LogP contribution is -1.82. The van der Waals surface area contributed by atoms with E-state index >= 15 is 0 Å². The number of halogens is 2. The van der Waals surface area contributed by atoms with Gasteiger partial charge in [0, 0.05) is 21.5 Å². The lowest BCUT2D eigenvalue weighted by Gasteiger charge is -1.98. The molecule has 6 heteroatoms. The Morgan fingerprint density at radius 3 is 2.64 bits per heavy atom. The minimum absolute atomic E-state index is 0.355. The van der Waals surface area contributed by atoms with Crippen LogP contribution in [0.15, 0.2) is 74.9 Å². The van der Waals surface area contributed by atoms with Crippen molar-refractivity contribution in [2.45, 2.75) is 0 Å². The maximum Gasteiger partial charge on any atom is 0.137 e. The number of nitriles is 1. The molecule has 0 fully saturated rings. The zero-order valence-corrected chi connectivity index (χ0v) is 16.8. The number of furan rings is 1. The molecule has 2 aromatic heterocycles. The SMILES string of the molecule is N#C/C(=C\c1ccc(-c2ccccc2F)o1)c1nc(-c2ccc(Br)cc2)cs1. The summed E-state index contributed by atoms with van der Waals surface area (Å²) in [7, 11) is 0. The Kier molecular flexibility index (Phi) is 5.20. The third-order valence-electron chi connectivity index (χ3n) is 4.05. The molecular formula is C22H12BrFN2OS. The van der Waals surface area contributed by atoms with Gasteiger partial charge in [-0.25, -0.2) is 9.37 Å². The molecule has 136 valence electrons. The third kappa shape index (κ3) is 3.81. The molecule has 0 aliphatic heterocycles. The molecule has 3 nitrogen and oxygen atoms in total. The second-order valence-electron chi connectivity index (χ2n) is 5.90.